The molecular formula is C18H30N4O. The third-order valence-corrected chi connectivity index (χ3v) is 4.76. The molecule has 0 amide bonds. The van der Waals surface area contributed by atoms with Gasteiger partial charge in [-0.05, 0) is 44.5 Å². The second-order valence-electron chi connectivity index (χ2n) is 6.88. The molecule has 3 rings (SSSR count). The maximum absolute atomic E-state index is 5.98. The Balaban J connectivity index is 1.54. The van der Waals surface area contributed by atoms with Gasteiger partial charge in [0.25, 0.3) is 0 Å². The molecule has 0 aliphatic carbocycles. The Morgan fingerprint density at radius 2 is 2.09 bits per heavy atom. The maximum Gasteiger partial charge on any atom is 0.142 e. The molecule has 5 heteroatoms. The van der Waals surface area contributed by atoms with Gasteiger partial charge < -0.3 is 15.0 Å². The summed E-state index contributed by atoms with van der Waals surface area (Å²) < 4.78 is 5.98. The molecule has 0 radical (unpaired) electrons. The first kappa shape index (κ1) is 16.6. The molecule has 23 heavy (non-hydrogen) atoms. The van der Waals surface area contributed by atoms with Crippen molar-refractivity contribution in [2.45, 2.75) is 38.8 Å². The molecule has 2 N–H and O–H groups in total. The average Bonchev–Trinajstić information content (AvgIpc) is 2.56. The van der Waals surface area contributed by atoms with Crippen LogP contribution in [0, 0.1) is 0 Å². The Hall–Kier alpha value is -1.30. The summed E-state index contributed by atoms with van der Waals surface area (Å²) in [6, 6.07) is 6.98. The Labute approximate surface area is 140 Å². The number of fused-ring (bicyclic) bond motifs is 1. The van der Waals surface area contributed by atoms with Crippen LogP contribution in [0.15, 0.2) is 18.2 Å². The highest BCUT2D eigenvalue weighted by atomic mass is 16.5. The molecule has 0 bridgehead atoms. The lowest BCUT2D eigenvalue weighted by molar-refractivity contribution is 0.0899. The number of piperazine rings is 1. The largest absolute Gasteiger partial charge is 0.486 e. The zero-order chi connectivity index (χ0) is 16.2. The molecule has 1 aromatic carbocycles. The summed E-state index contributed by atoms with van der Waals surface area (Å²) in [5.74, 6) is 0.992. The smallest absolute Gasteiger partial charge is 0.142 e. The molecule has 2 unspecified atom stereocenters. The number of hydrogen-bond donors (Lipinski definition) is 2. The van der Waals surface area contributed by atoms with Gasteiger partial charge in [0.2, 0.25) is 0 Å². The van der Waals surface area contributed by atoms with E-state index in [-0.39, 0.29) is 0 Å². The van der Waals surface area contributed by atoms with E-state index in [4.69, 9.17) is 4.74 Å². The Bertz CT molecular complexity index is 514. The highest BCUT2D eigenvalue weighted by Gasteiger charge is 2.19. The highest BCUT2D eigenvalue weighted by Crippen LogP contribution is 2.31. The van der Waals surface area contributed by atoms with E-state index in [1.807, 2.05) is 0 Å². The van der Waals surface area contributed by atoms with Crippen molar-refractivity contribution in [3.63, 3.8) is 0 Å². The van der Waals surface area contributed by atoms with Gasteiger partial charge in [-0.2, -0.15) is 0 Å². The molecule has 2 heterocycles. The lowest BCUT2D eigenvalue weighted by Gasteiger charge is -2.34. The van der Waals surface area contributed by atoms with Gasteiger partial charge in [-0.25, -0.2) is 5.01 Å². The first-order valence-corrected chi connectivity index (χ1v) is 8.87. The number of hydrogen-bond acceptors (Lipinski definition) is 5. The van der Waals surface area contributed by atoms with Crippen LogP contribution in [-0.4, -0.2) is 61.8 Å². The van der Waals surface area contributed by atoms with Crippen molar-refractivity contribution in [3.8, 4) is 5.75 Å². The fraction of sp³-hybridized carbons (Fsp3) is 0.667. The van der Waals surface area contributed by atoms with Crippen molar-refractivity contribution in [1.29, 1.82) is 0 Å². The molecule has 2 aliphatic rings. The van der Waals surface area contributed by atoms with Crippen LogP contribution in [0.25, 0.3) is 0 Å². The summed E-state index contributed by atoms with van der Waals surface area (Å²) in [6.07, 6.45) is 2.37. The molecule has 0 spiro atoms. The molecule has 128 valence electrons. The van der Waals surface area contributed by atoms with Gasteiger partial charge in [0.1, 0.15) is 11.9 Å². The number of rotatable bonds is 5. The van der Waals surface area contributed by atoms with Gasteiger partial charge in [-0.3, -0.25) is 5.43 Å². The maximum atomic E-state index is 5.98. The van der Waals surface area contributed by atoms with Crippen LogP contribution in [0.1, 0.15) is 25.8 Å². The van der Waals surface area contributed by atoms with Crippen molar-refractivity contribution in [3.05, 3.63) is 23.8 Å². The summed E-state index contributed by atoms with van der Waals surface area (Å²) in [5.41, 5.74) is 6.13. The highest BCUT2D eigenvalue weighted by molar-refractivity contribution is 5.59. The van der Waals surface area contributed by atoms with Gasteiger partial charge in [-0.1, -0.05) is 13.0 Å². The molecule has 1 saturated heterocycles. The lowest BCUT2D eigenvalue weighted by atomic mass is 10.1. The number of likely N-dealkylation sites (N-methyl/N-ethyl adjacent to an activating group) is 1. The van der Waals surface area contributed by atoms with E-state index < -0.39 is 0 Å². The van der Waals surface area contributed by atoms with Gasteiger partial charge in [0.15, 0.2) is 0 Å². The Morgan fingerprint density at radius 3 is 2.83 bits per heavy atom. The van der Waals surface area contributed by atoms with Crippen LogP contribution < -0.4 is 15.5 Å². The summed E-state index contributed by atoms with van der Waals surface area (Å²) in [4.78, 5) is 2.38. The predicted molar refractivity (Wildman–Crippen MR) is 95.0 cm³/mol. The topological polar surface area (TPSA) is 39.8 Å². The van der Waals surface area contributed by atoms with E-state index in [1.165, 1.54) is 5.56 Å². The average molecular weight is 318 g/mol. The van der Waals surface area contributed by atoms with E-state index in [0.29, 0.717) is 12.1 Å². The SMILES string of the molecule is CCC1CNc2cc(CC(C)NN3CCN(C)CC3)ccc2O1. The minimum atomic E-state index is 0.297. The quantitative estimate of drug-likeness (QED) is 0.868. The summed E-state index contributed by atoms with van der Waals surface area (Å²) in [6.45, 7) is 9.79. The van der Waals surface area contributed by atoms with E-state index in [1.54, 1.807) is 0 Å². The van der Waals surface area contributed by atoms with E-state index in [0.717, 1.165) is 57.0 Å². The molecule has 2 aliphatic heterocycles. The normalized spacial score (nSPS) is 23.7. The Morgan fingerprint density at radius 1 is 1.30 bits per heavy atom. The number of hydrazine groups is 1. The number of nitrogens with zero attached hydrogens (tertiary/aromatic N) is 2. The van der Waals surface area contributed by atoms with Gasteiger partial charge >= 0.3 is 0 Å². The molecule has 1 aromatic rings. The first-order chi connectivity index (χ1) is 11.1. The minimum absolute atomic E-state index is 0.297. The van der Waals surface area contributed by atoms with Crippen LogP contribution in [0.4, 0.5) is 5.69 Å². The second kappa shape index (κ2) is 7.51. The molecule has 5 nitrogen and oxygen atoms in total. The summed E-state index contributed by atoms with van der Waals surface area (Å²) in [7, 11) is 2.19. The van der Waals surface area contributed by atoms with Crippen LogP contribution in [0.5, 0.6) is 5.75 Å². The molecule has 0 aromatic heterocycles. The van der Waals surface area contributed by atoms with E-state index in [2.05, 4.69) is 59.7 Å². The summed E-state index contributed by atoms with van der Waals surface area (Å²) >= 11 is 0. The van der Waals surface area contributed by atoms with Gasteiger partial charge in [0, 0.05) is 32.2 Å². The van der Waals surface area contributed by atoms with Gasteiger partial charge in [-0.15, -0.1) is 0 Å². The fourth-order valence-corrected chi connectivity index (χ4v) is 3.26. The zero-order valence-corrected chi connectivity index (χ0v) is 14.6. The van der Waals surface area contributed by atoms with E-state index in [9.17, 15) is 0 Å². The number of nitrogens with one attached hydrogen (secondary N) is 2. The molecule has 1 fully saturated rings. The van der Waals surface area contributed by atoms with Crippen LogP contribution in [0.2, 0.25) is 0 Å². The van der Waals surface area contributed by atoms with E-state index >= 15 is 0 Å². The molecular weight excluding hydrogens is 288 g/mol. The second-order valence-corrected chi connectivity index (χ2v) is 6.88. The third kappa shape index (κ3) is 4.37. The lowest BCUT2D eigenvalue weighted by Crippen LogP contribution is -2.53. The van der Waals surface area contributed by atoms with Crippen molar-refractivity contribution in [1.82, 2.24) is 15.3 Å². The predicted octanol–water partition coefficient (Wildman–Crippen LogP) is 1.95. The van der Waals surface area contributed by atoms with Gasteiger partial charge in [0.05, 0.1) is 12.2 Å². The minimum Gasteiger partial charge on any atom is -0.486 e. The zero-order valence-electron chi connectivity index (χ0n) is 14.6. The number of benzene rings is 1. The Kier molecular flexibility index (Phi) is 5.41. The van der Waals surface area contributed by atoms with Crippen LogP contribution in [-0.2, 0) is 6.42 Å². The fourth-order valence-electron chi connectivity index (χ4n) is 3.26. The first-order valence-electron chi connectivity index (χ1n) is 8.87. The van der Waals surface area contributed by atoms with Crippen LogP contribution >= 0.6 is 0 Å². The number of ether oxygens (including phenoxy) is 1. The van der Waals surface area contributed by atoms with Crippen LogP contribution in [0.3, 0.4) is 0 Å². The van der Waals surface area contributed by atoms with Crippen molar-refractivity contribution >= 4 is 5.69 Å². The third-order valence-electron chi connectivity index (χ3n) is 4.76. The summed E-state index contributed by atoms with van der Waals surface area (Å²) in [5, 5.41) is 5.86. The number of anilines is 1. The molecule has 0 saturated carbocycles. The van der Waals surface area contributed by atoms with Crippen molar-refractivity contribution in [2.75, 3.05) is 45.1 Å². The standard InChI is InChI=1S/C18H30N4O/c1-4-16-13-19-17-12-15(5-6-18(17)23-16)11-14(2)20-22-9-7-21(3)8-10-22/h5-6,12,14,16,19-20H,4,7-11,13H2,1-3H3. The van der Waals surface area contributed by atoms with Crippen molar-refractivity contribution < 1.29 is 4.74 Å². The monoisotopic (exact) mass is 318 g/mol. The molecule has 2 atom stereocenters. The van der Waals surface area contributed by atoms with Crippen molar-refractivity contribution in [2.24, 2.45) is 0 Å².